The molecule has 116 valence electrons. The molecule has 2 aromatic rings. The van der Waals surface area contributed by atoms with Crippen LogP contribution in [0.2, 0.25) is 0 Å². The maximum absolute atomic E-state index is 12.1. The summed E-state index contributed by atoms with van der Waals surface area (Å²) in [5.41, 5.74) is 7.54. The molecule has 0 aromatic heterocycles. The topological polar surface area (TPSA) is 81.8 Å². The lowest BCUT2D eigenvalue weighted by Gasteiger charge is -2.10. The summed E-state index contributed by atoms with van der Waals surface area (Å²) in [6, 6.07) is 14.2. The Bertz CT molecular complexity index is 613. The van der Waals surface area contributed by atoms with Crippen molar-refractivity contribution in [1.29, 1.82) is 0 Å². The molecule has 0 saturated heterocycles. The Morgan fingerprint density at radius 2 is 1.91 bits per heavy atom. The largest absolute Gasteiger partial charge is 0.491 e. The van der Waals surface area contributed by atoms with Gasteiger partial charge in [0.15, 0.2) is 0 Å². The molecule has 22 heavy (non-hydrogen) atoms. The molecule has 0 bridgehead atoms. The smallest absolute Gasteiger partial charge is 0.338 e. The van der Waals surface area contributed by atoms with E-state index in [0.29, 0.717) is 30.0 Å². The molecule has 3 N–H and O–H groups in total. The Balaban J connectivity index is 1.98. The fourth-order valence-corrected chi connectivity index (χ4v) is 1.84. The van der Waals surface area contributed by atoms with Crippen LogP contribution in [0.5, 0.6) is 5.75 Å². The Kier molecular flexibility index (Phi) is 5.80. The normalized spacial score (nSPS) is 10.2. The first-order valence-electron chi connectivity index (χ1n) is 7.05. The molecule has 2 aromatic carbocycles. The summed E-state index contributed by atoms with van der Waals surface area (Å²) >= 11 is 0. The Morgan fingerprint density at radius 1 is 1.14 bits per heavy atom. The van der Waals surface area contributed by atoms with Crippen LogP contribution < -0.4 is 10.5 Å². The quantitative estimate of drug-likeness (QED) is 0.466. The molecule has 0 unspecified atom stereocenters. The predicted octanol–water partition coefficient (Wildman–Crippen LogP) is 2.39. The van der Waals surface area contributed by atoms with Gasteiger partial charge in [-0.2, -0.15) is 0 Å². The number of carbonyl (C=O) groups excluding carboxylic acids is 1. The van der Waals surface area contributed by atoms with Crippen molar-refractivity contribution in [2.45, 2.75) is 13.0 Å². The zero-order valence-electron chi connectivity index (χ0n) is 12.2. The number of hydrogen-bond acceptors (Lipinski definition) is 5. The fourth-order valence-electron chi connectivity index (χ4n) is 1.84. The zero-order chi connectivity index (χ0) is 15.8. The van der Waals surface area contributed by atoms with Gasteiger partial charge < -0.3 is 20.3 Å². The van der Waals surface area contributed by atoms with Crippen molar-refractivity contribution in [3.8, 4) is 5.75 Å². The first-order chi connectivity index (χ1) is 10.7. The maximum Gasteiger partial charge on any atom is 0.338 e. The van der Waals surface area contributed by atoms with Crippen molar-refractivity contribution in [2.75, 3.05) is 18.9 Å². The van der Waals surface area contributed by atoms with E-state index in [0.717, 1.165) is 5.56 Å². The summed E-state index contributed by atoms with van der Waals surface area (Å²) in [4.78, 5) is 12.1. The number of benzene rings is 2. The third-order valence-electron chi connectivity index (χ3n) is 3.02. The molecule has 5 heteroatoms. The summed E-state index contributed by atoms with van der Waals surface area (Å²) in [5, 5.41) is 8.75. The number of anilines is 1. The number of rotatable bonds is 7. The van der Waals surface area contributed by atoms with E-state index < -0.39 is 5.97 Å². The van der Waals surface area contributed by atoms with Crippen LogP contribution in [0.25, 0.3) is 0 Å². The van der Waals surface area contributed by atoms with Crippen LogP contribution in [0.15, 0.2) is 48.5 Å². The lowest BCUT2D eigenvalue weighted by Crippen LogP contribution is -2.07. The van der Waals surface area contributed by atoms with Gasteiger partial charge in [-0.15, -0.1) is 0 Å². The highest BCUT2D eigenvalue weighted by molar-refractivity contribution is 5.90. The van der Waals surface area contributed by atoms with Crippen LogP contribution in [0, 0.1) is 0 Å². The Labute approximate surface area is 129 Å². The average molecular weight is 301 g/mol. The van der Waals surface area contributed by atoms with Crippen LogP contribution in [0.1, 0.15) is 22.3 Å². The van der Waals surface area contributed by atoms with Gasteiger partial charge in [-0.3, -0.25) is 0 Å². The van der Waals surface area contributed by atoms with Crippen LogP contribution in [0.3, 0.4) is 0 Å². The molecule has 0 radical (unpaired) electrons. The minimum atomic E-state index is -0.434. The van der Waals surface area contributed by atoms with Gasteiger partial charge in [0.25, 0.3) is 0 Å². The minimum absolute atomic E-state index is 0.0404. The summed E-state index contributed by atoms with van der Waals surface area (Å²) in [6.45, 7) is 0.590. The number of aliphatic hydroxyl groups excluding tert-OH is 1. The van der Waals surface area contributed by atoms with E-state index >= 15 is 0 Å². The lowest BCUT2D eigenvalue weighted by molar-refractivity contribution is 0.0472. The van der Waals surface area contributed by atoms with Crippen LogP contribution in [-0.2, 0) is 11.3 Å². The van der Waals surface area contributed by atoms with Gasteiger partial charge in [-0.25, -0.2) is 4.79 Å². The highest BCUT2D eigenvalue weighted by atomic mass is 16.5. The molecule has 0 spiro atoms. The van der Waals surface area contributed by atoms with Crippen LogP contribution in [-0.4, -0.2) is 24.3 Å². The first kappa shape index (κ1) is 15.9. The van der Waals surface area contributed by atoms with Crippen molar-refractivity contribution < 1.29 is 19.4 Å². The van der Waals surface area contributed by atoms with Gasteiger partial charge in [0.1, 0.15) is 12.4 Å². The van der Waals surface area contributed by atoms with Crippen molar-refractivity contribution in [2.24, 2.45) is 0 Å². The number of nitrogens with two attached hydrogens (primary N) is 1. The fraction of sp³-hybridized carbons (Fsp3) is 0.235. The van der Waals surface area contributed by atoms with E-state index in [9.17, 15) is 4.79 Å². The van der Waals surface area contributed by atoms with Gasteiger partial charge in [0, 0.05) is 13.0 Å². The molecule has 0 atom stereocenters. The van der Waals surface area contributed by atoms with E-state index in [1.807, 2.05) is 30.3 Å². The molecule has 0 amide bonds. The molecule has 0 aliphatic heterocycles. The second-order valence-corrected chi connectivity index (χ2v) is 4.74. The molecule has 0 heterocycles. The van der Waals surface area contributed by atoms with Crippen LogP contribution in [0.4, 0.5) is 5.69 Å². The first-order valence-corrected chi connectivity index (χ1v) is 7.05. The lowest BCUT2D eigenvalue weighted by atomic mass is 10.2. The van der Waals surface area contributed by atoms with Gasteiger partial charge >= 0.3 is 5.97 Å². The minimum Gasteiger partial charge on any atom is -0.491 e. The number of hydrogen-bond donors (Lipinski definition) is 2. The molecule has 0 fully saturated rings. The van der Waals surface area contributed by atoms with E-state index in [-0.39, 0.29) is 13.2 Å². The highest BCUT2D eigenvalue weighted by Crippen LogP contribution is 2.23. The van der Waals surface area contributed by atoms with Gasteiger partial charge in [-0.05, 0) is 23.8 Å². The number of nitrogen functional groups attached to an aromatic ring is 1. The number of aliphatic hydroxyl groups is 1. The molecular weight excluding hydrogens is 282 g/mol. The van der Waals surface area contributed by atoms with Crippen LogP contribution >= 0.6 is 0 Å². The molecule has 0 aliphatic rings. The summed E-state index contributed by atoms with van der Waals surface area (Å²) in [7, 11) is 0. The molecule has 0 saturated carbocycles. The predicted molar refractivity (Wildman–Crippen MR) is 83.6 cm³/mol. The van der Waals surface area contributed by atoms with Crippen molar-refractivity contribution in [1.82, 2.24) is 0 Å². The second kappa shape index (κ2) is 8.05. The summed E-state index contributed by atoms with van der Waals surface area (Å²) in [5.74, 6) is -0.0153. The van der Waals surface area contributed by atoms with Crippen molar-refractivity contribution in [3.05, 3.63) is 59.7 Å². The Hall–Kier alpha value is -2.53. The van der Waals surface area contributed by atoms with Gasteiger partial charge in [0.05, 0.1) is 17.9 Å². The number of carbonyl (C=O) groups is 1. The summed E-state index contributed by atoms with van der Waals surface area (Å²) in [6.07, 6.45) is 0.502. The third-order valence-corrected chi connectivity index (χ3v) is 3.02. The van der Waals surface area contributed by atoms with Crippen molar-refractivity contribution in [3.63, 3.8) is 0 Å². The highest BCUT2D eigenvalue weighted by Gasteiger charge is 2.11. The van der Waals surface area contributed by atoms with Gasteiger partial charge in [0.2, 0.25) is 0 Å². The standard InChI is InChI=1S/C17H19NO4/c18-15-8-7-14(11-16(15)21-10-4-9-19)17(20)22-12-13-5-2-1-3-6-13/h1-3,5-8,11,19H,4,9-10,12,18H2. The number of ether oxygens (including phenoxy) is 2. The van der Waals surface area contributed by atoms with Crippen molar-refractivity contribution >= 4 is 11.7 Å². The molecule has 0 aliphatic carbocycles. The number of esters is 1. The second-order valence-electron chi connectivity index (χ2n) is 4.74. The molecule has 5 nitrogen and oxygen atoms in total. The van der Waals surface area contributed by atoms with E-state index in [1.54, 1.807) is 18.2 Å². The monoisotopic (exact) mass is 301 g/mol. The van der Waals surface area contributed by atoms with E-state index in [1.165, 1.54) is 0 Å². The molecule has 2 rings (SSSR count). The van der Waals surface area contributed by atoms with E-state index in [2.05, 4.69) is 0 Å². The summed E-state index contributed by atoms with van der Waals surface area (Å²) < 4.78 is 10.7. The molecular formula is C17H19NO4. The van der Waals surface area contributed by atoms with E-state index in [4.69, 9.17) is 20.3 Å². The Morgan fingerprint density at radius 3 is 2.64 bits per heavy atom. The maximum atomic E-state index is 12.1. The zero-order valence-corrected chi connectivity index (χ0v) is 12.2. The SMILES string of the molecule is Nc1ccc(C(=O)OCc2ccccc2)cc1OCCCO. The van der Waals surface area contributed by atoms with Gasteiger partial charge in [-0.1, -0.05) is 30.3 Å². The third kappa shape index (κ3) is 4.49. The average Bonchev–Trinajstić information content (AvgIpc) is 2.55.